The van der Waals surface area contributed by atoms with Crippen molar-refractivity contribution in [3.8, 4) is 0 Å². The highest BCUT2D eigenvalue weighted by atomic mass is 15.1. The molecule has 126 valence electrons. The lowest BCUT2D eigenvalue weighted by molar-refractivity contribution is 0.0739. The molecule has 1 N–H and O–H groups in total. The molecule has 0 saturated heterocycles. The minimum Gasteiger partial charge on any atom is -0.311 e. The smallest absolute Gasteiger partial charge is 0.00967 e. The van der Waals surface area contributed by atoms with Gasteiger partial charge in [0.05, 0.1) is 0 Å². The predicted molar refractivity (Wildman–Crippen MR) is 94.8 cm³/mol. The second kappa shape index (κ2) is 7.97. The third-order valence-corrected chi connectivity index (χ3v) is 5.37. The summed E-state index contributed by atoms with van der Waals surface area (Å²) < 4.78 is 0. The van der Waals surface area contributed by atoms with Gasteiger partial charge < -0.3 is 10.2 Å². The maximum atomic E-state index is 3.80. The van der Waals surface area contributed by atoms with Crippen LogP contribution in [0.2, 0.25) is 0 Å². The van der Waals surface area contributed by atoms with Crippen molar-refractivity contribution < 1.29 is 0 Å². The summed E-state index contributed by atoms with van der Waals surface area (Å²) in [4.78, 5) is 2.61. The van der Waals surface area contributed by atoms with Gasteiger partial charge in [-0.15, -0.1) is 0 Å². The Bertz CT molecular complexity index is 284. The molecule has 0 aromatic carbocycles. The summed E-state index contributed by atoms with van der Waals surface area (Å²) in [5.41, 5.74) is 0.709. The van der Waals surface area contributed by atoms with Crippen LogP contribution in [0.25, 0.3) is 0 Å². The molecule has 2 nitrogen and oxygen atoms in total. The second-order valence-corrected chi connectivity index (χ2v) is 8.84. The number of hydrogen-bond acceptors (Lipinski definition) is 2. The summed E-state index contributed by atoms with van der Waals surface area (Å²) in [6.07, 6.45) is 8.19. The van der Waals surface area contributed by atoms with Gasteiger partial charge in [0.2, 0.25) is 0 Å². The summed E-state index contributed by atoms with van der Waals surface area (Å²) in [6, 6.07) is 0.709. The van der Waals surface area contributed by atoms with Crippen LogP contribution in [0.4, 0.5) is 0 Å². The third kappa shape index (κ3) is 6.69. The normalized spacial score (nSPS) is 28.9. The first-order valence-electron chi connectivity index (χ1n) is 9.13. The molecular formula is C19H40N2. The van der Waals surface area contributed by atoms with Crippen LogP contribution >= 0.6 is 0 Å². The molecule has 1 atom stereocenters. The zero-order valence-corrected chi connectivity index (χ0v) is 15.8. The Hall–Kier alpha value is -0.0800. The molecular weight excluding hydrogens is 256 g/mol. The van der Waals surface area contributed by atoms with Crippen LogP contribution in [-0.4, -0.2) is 36.6 Å². The maximum Gasteiger partial charge on any atom is 0.00967 e. The molecule has 21 heavy (non-hydrogen) atoms. The van der Waals surface area contributed by atoms with Crippen LogP contribution in [-0.2, 0) is 0 Å². The van der Waals surface area contributed by atoms with Gasteiger partial charge in [-0.3, -0.25) is 0 Å². The molecule has 0 aromatic rings. The van der Waals surface area contributed by atoms with E-state index in [1.807, 2.05) is 0 Å². The topological polar surface area (TPSA) is 15.3 Å². The van der Waals surface area contributed by atoms with Gasteiger partial charge in [0.25, 0.3) is 0 Å². The molecule has 0 spiro atoms. The van der Waals surface area contributed by atoms with Crippen molar-refractivity contribution in [1.82, 2.24) is 10.2 Å². The Labute approximate surface area is 134 Å². The van der Waals surface area contributed by atoms with E-state index in [0.717, 1.165) is 5.92 Å². The van der Waals surface area contributed by atoms with E-state index in [2.05, 4.69) is 58.8 Å². The van der Waals surface area contributed by atoms with E-state index in [9.17, 15) is 0 Å². The summed E-state index contributed by atoms with van der Waals surface area (Å²) in [7, 11) is 2.33. The van der Waals surface area contributed by atoms with E-state index in [0.29, 0.717) is 11.5 Å². The SMILES string of the molecule is CCCC(C)N(C)CC1(CNC(C)(C)C)CCC(C)CC1. The van der Waals surface area contributed by atoms with Gasteiger partial charge in [-0.05, 0) is 65.3 Å². The molecule has 0 aliphatic heterocycles. The van der Waals surface area contributed by atoms with Crippen LogP contribution < -0.4 is 5.32 Å². The van der Waals surface area contributed by atoms with Crippen LogP contribution in [0.1, 0.15) is 80.1 Å². The highest BCUT2D eigenvalue weighted by Gasteiger charge is 2.36. The minimum absolute atomic E-state index is 0.226. The van der Waals surface area contributed by atoms with Crippen LogP contribution in [0.3, 0.4) is 0 Å². The number of nitrogens with zero attached hydrogens (tertiary/aromatic N) is 1. The molecule has 0 bridgehead atoms. The van der Waals surface area contributed by atoms with Gasteiger partial charge in [-0.25, -0.2) is 0 Å². The summed E-state index contributed by atoms with van der Waals surface area (Å²) in [6.45, 7) is 16.4. The zero-order chi connectivity index (χ0) is 16.1. The van der Waals surface area contributed by atoms with Crippen molar-refractivity contribution in [3.63, 3.8) is 0 Å². The second-order valence-electron chi connectivity index (χ2n) is 8.84. The lowest BCUT2D eigenvalue weighted by Crippen LogP contribution is -2.50. The summed E-state index contributed by atoms with van der Waals surface area (Å²) in [5, 5.41) is 3.80. The molecule has 1 aliphatic rings. The number of rotatable bonds is 7. The first kappa shape index (κ1) is 19.0. The summed E-state index contributed by atoms with van der Waals surface area (Å²) in [5.74, 6) is 0.922. The highest BCUT2D eigenvalue weighted by molar-refractivity contribution is 4.91. The van der Waals surface area contributed by atoms with Gasteiger partial charge in [0, 0.05) is 24.7 Å². The Kier molecular flexibility index (Phi) is 7.19. The average Bonchev–Trinajstić information content (AvgIpc) is 2.39. The molecule has 1 unspecified atom stereocenters. The van der Waals surface area contributed by atoms with Crippen molar-refractivity contribution in [2.45, 2.75) is 91.6 Å². The van der Waals surface area contributed by atoms with E-state index in [1.54, 1.807) is 0 Å². The van der Waals surface area contributed by atoms with Crippen molar-refractivity contribution in [2.75, 3.05) is 20.1 Å². The first-order chi connectivity index (χ1) is 9.67. The first-order valence-corrected chi connectivity index (χ1v) is 9.13. The van der Waals surface area contributed by atoms with E-state index in [1.165, 1.54) is 51.6 Å². The van der Waals surface area contributed by atoms with Gasteiger partial charge in [0.1, 0.15) is 0 Å². The standard InChI is InChI=1S/C19H40N2/c1-8-9-17(3)21(7)15-19(14-20-18(4,5)6)12-10-16(2)11-13-19/h16-17,20H,8-15H2,1-7H3. The highest BCUT2D eigenvalue weighted by Crippen LogP contribution is 2.39. The molecule has 0 amide bonds. The molecule has 0 aromatic heterocycles. The fourth-order valence-corrected chi connectivity index (χ4v) is 3.54. The van der Waals surface area contributed by atoms with Gasteiger partial charge in [0.15, 0.2) is 0 Å². The average molecular weight is 297 g/mol. The molecule has 0 radical (unpaired) electrons. The van der Waals surface area contributed by atoms with E-state index >= 15 is 0 Å². The molecule has 1 aliphatic carbocycles. The summed E-state index contributed by atoms with van der Waals surface area (Å²) >= 11 is 0. The number of hydrogen-bond donors (Lipinski definition) is 1. The van der Waals surface area contributed by atoms with Gasteiger partial charge in [-0.1, -0.05) is 33.1 Å². The van der Waals surface area contributed by atoms with Gasteiger partial charge in [-0.2, -0.15) is 0 Å². The quantitative estimate of drug-likeness (QED) is 0.733. The van der Waals surface area contributed by atoms with Gasteiger partial charge >= 0.3 is 0 Å². The lowest BCUT2D eigenvalue weighted by Gasteiger charge is -2.45. The Morgan fingerprint density at radius 3 is 2.29 bits per heavy atom. The molecule has 1 saturated carbocycles. The lowest BCUT2D eigenvalue weighted by atomic mass is 9.70. The molecule has 2 heteroatoms. The van der Waals surface area contributed by atoms with Crippen molar-refractivity contribution in [3.05, 3.63) is 0 Å². The van der Waals surface area contributed by atoms with Crippen molar-refractivity contribution >= 4 is 0 Å². The number of nitrogens with one attached hydrogen (secondary N) is 1. The van der Waals surface area contributed by atoms with Crippen LogP contribution in [0.5, 0.6) is 0 Å². The zero-order valence-electron chi connectivity index (χ0n) is 15.8. The van der Waals surface area contributed by atoms with Crippen molar-refractivity contribution in [1.29, 1.82) is 0 Å². The molecule has 1 fully saturated rings. The molecule has 0 heterocycles. The maximum absolute atomic E-state index is 3.80. The van der Waals surface area contributed by atoms with Crippen molar-refractivity contribution in [2.24, 2.45) is 11.3 Å². The fraction of sp³-hybridized carbons (Fsp3) is 1.00. The molecule has 1 rings (SSSR count). The fourth-order valence-electron chi connectivity index (χ4n) is 3.54. The predicted octanol–water partition coefficient (Wildman–Crippen LogP) is 4.69. The van der Waals surface area contributed by atoms with E-state index in [-0.39, 0.29) is 5.54 Å². The van der Waals surface area contributed by atoms with Crippen LogP contribution in [0.15, 0.2) is 0 Å². The van der Waals surface area contributed by atoms with Crippen LogP contribution in [0, 0.1) is 11.3 Å². The van der Waals surface area contributed by atoms with E-state index in [4.69, 9.17) is 0 Å². The Balaban J connectivity index is 2.68. The Morgan fingerprint density at radius 2 is 1.81 bits per heavy atom. The monoisotopic (exact) mass is 296 g/mol. The third-order valence-electron chi connectivity index (χ3n) is 5.37. The minimum atomic E-state index is 0.226. The Morgan fingerprint density at radius 1 is 1.24 bits per heavy atom. The van der Waals surface area contributed by atoms with E-state index < -0.39 is 0 Å². The largest absolute Gasteiger partial charge is 0.311 e.